The lowest BCUT2D eigenvalue weighted by Gasteiger charge is -2.39. The second kappa shape index (κ2) is 7.27. The molecule has 1 spiro atoms. The number of likely N-dealkylation sites (N-methyl/N-ethyl adjacent to an activating group) is 1. The van der Waals surface area contributed by atoms with E-state index in [2.05, 4.69) is 18.7 Å². The Balaban J connectivity index is 1.55. The van der Waals surface area contributed by atoms with Crippen LogP contribution in [0, 0.1) is 0 Å². The highest BCUT2D eigenvalue weighted by Crippen LogP contribution is 2.43. The van der Waals surface area contributed by atoms with Gasteiger partial charge in [-0.1, -0.05) is 36.9 Å². The van der Waals surface area contributed by atoms with Crippen molar-refractivity contribution < 1.29 is 19.1 Å². The number of piperidine rings is 1. The fourth-order valence-electron chi connectivity index (χ4n) is 3.52. The molecule has 2 aliphatic rings. The van der Waals surface area contributed by atoms with Gasteiger partial charge in [-0.3, -0.25) is 4.79 Å². The van der Waals surface area contributed by atoms with Gasteiger partial charge < -0.3 is 19.3 Å². The van der Waals surface area contributed by atoms with Crippen molar-refractivity contribution in [3.05, 3.63) is 48.0 Å². The van der Waals surface area contributed by atoms with E-state index in [4.69, 9.17) is 9.47 Å². The van der Waals surface area contributed by atoms with E-state index in [9.17, 15) is 9.59 Å². The van der Waals surface area contributed by atoms with E-state index in [1.165, 1.54) is 22.1 Å². The van der Waals surface area contributed by atoms with Gasteiger partial charge in [0.2, 0.25) is 5.91 Å². The third-order valence-corrected chi connectivity index (χ3v) is 4.94. The fraction of sp³-hybridized carbons (Fsp3) is 0.474. The van der Waals surface area contributed by atoms with Crippen LogP contribution < -0.4 is 0 Å². The molecule has 1 saturated heterocycles. The minimum absolute atomic E-state index is 0.0143. The van der Waals surface area contributed by atoms with Crippen molar-refractivity contribution in [3.8, 4) is 0 Å². The average Bonchev–Trinajstić information content (AvgIpc) is 2.99. The Kier molecular flexibility index (Phi) is 5.08. The third kappa shape index (κ3) is 3.54. The predicted octanol–water partition coefficient (Wildman–Crippen LogP) is 2.29. The third-order valence-electron chi connectivity index (χ3n) is 4.94. The number of carbonyl (C=O) groups excluding carboxylic acids is 2. The zero-order valence-electron chi connectivity index (χ0n) is 14.6. The standard InChI is InChI=1S/C19H24N2O4/c1-3-12-24-18(23)20(2)13-17(22)21-10-8-19(9-11-21)16-7-5-4-6-15(16)14-25-19/h3-7H,1,8-14H2,2H3. The number of fused-ring (bicyclic) bond motifs is 2. The van der Waals surface area contributed by atoms with Crippen LogP contribution in [0.15, 0.2) is 36.9 Å². The van der Waals surface area contributed by atoms with Gasteiger partial charge in [-0.15, -0.1) is 0 Å². The van der Waals surface area contributed by atoms with E-state index >= 15 is 0 Å². The Morgan fingerprint density at radius 1 is 1.36 bits per heavy atom. The molecular formula is C19H24N2O4. The lowest BCUT2D eigenvalue weighted by molar-refractivity contribution is -0.139. The van der Waals surface area contributed by atoms with E-state index in [-0.39, 0.29) is 24.7 Å². The van der Waals surface area contributed by atoms with Crippen molar-refractivity contribution in [2.45, 2.75) is 25.0 Å². The Morgan fingerprint density at radius 3 is 2.80 bits per heavy atom. The summed E-state index contributed by atoms with van der Waals surface area (Å²) in [6.07, 6.45) is 2.53. The highest BCUT2D eigenvalue weighted by atomic mass is 16.6. The van der Waals surface area contributed by atoms with E-state index in [0.29, 0.717) is 19.7 Å². The number of hydrogen-bond donors (Lipinski definition) is 0. The molecule has 3 rings (SSSR count). The summed E-state index contributed by atoms with van der Waals surface area (Å²) < 4.78 is 11.0. The van der Waals surface area contributed by atoms with Crippen LogP contribution in [0.1, 0.15) is 24.0 Å². The van der Waals surface area contributed by atoms with E-state index < -0.39 is 6.09 Å². The SMILES string of the molecule is C=CCOC(=O)N(C)CC(=O)N1CCC2(CC1)OCc1ccccc12. The number of benzene rings is 1. The maximum absolute atomic E-state index is 12.5. The molecule has 0 aromatic heterocycles. The maximum Gasteiger partial charge on any atom is 0.410 e. The molecule has 0 radical (unpaired) electrons. The fourth-order valence-corrected chi connectivity index (χ4v) is 3.52. The topological polar surface area (TPSA) is 59.1 Å². The number of hydrogen-bond acceptors (Lipinski definition) is 4. The first kappa shape index (κ1) is 17.5. The zero-order chi connectivity index (χ0) is 17.9. The largest absolute Gasteiger partial charge is 0.445 e. The van der Waals surface area contributed by atoms with Crippen LogP contribution in [-0.2, 0) is 26.5 Å². The molecule has 1 aromatic carbocycles. The van der Waals surface area contributed by atoms with E-state index in [0.717, 1.165) is 12.8 Å². The summed E-state index contributed by atoms with van der Waals surface area (Å²) in [7, 11) is 1.56. The minimum atomic E-state index is -0.519. The Bertz CT molecular complexity index is 665. The molecule has 0 atom stereocenters. The predicted molar refractivity (Wildman–Crippen MR) is 92.9 cm³/mol. The molecule has 1 fully saturated rings. The highest BCUT2D eigenvalue weighted by Gasteiger charge is 2.43. The molecule has 2 amide bonds. The molecule has 6 nitrogen and oxygen atoms in total. The smallest absolute Gasteiger partial charge is 0.410 e. The quantitative estimate of drug-likeness (QED) is 0.787. The number of nitrogens with zero attached hydrogens (tertiary/aromatic N) is 2. The number of likely N-dealkylation sites (tertiary alicyclic amines) is 1. The van der Waals surface area contributed by atoms with Crippen molar-refractivity contribution in [2.75, 3.05) is 33.3 Å². The molecule has 0 aliphatic carbocycles. The van der Waals surface area contributed by atoms with Gasteiger partial charge >= 0.3 is 6.09 Å². The van der Waals surface area contributed by atoms with E-state index in [1.807, 2.05) is 12.1 Å². The van der Waals surface area contributed by atoms with Gasteiger partial charge in [-0.05, 0) is 24.0 Å². The molecule has 134 valence electrons. The number of amides is 2. The number of rotatable bonds is 4. The van der Waals surface area contributed by atoms with Gasteiger partial charge in [0.05, 0.1) is 12.2 Å². The van der Waals surface area contributed by atoms with Crippen LogP contribution in [0.5, 0.6) is 0 Å². The normalized spacial score (nSPS) is 17.9. The first-order chi connectivity index (χ1) is 12.1. The first-order valence-electron chi connectivity index (χ1n) is 8.55. The molecule has 1 aromatic rings. The van der Waals surface area contributed by atoms with Crippen LogP contribution in [0.4, 0.5) is 4.79 Å². The number of carbonyl (C=O) groups is 2. The monoisotopic (exact) mass is 344 g/mol. The van der Waals surface area contributed by atoms with Crippen LogP contribution in [0.2, 0.25) is 0 Å². The van der Waals surface area contributed by atoms with Crippen LogP contribution in [0.3, 0.4) is 0 Å². The Labute approximate surface area is 148 Å². The summed E-state index contributed by atoms with van der Waals surface area (Å²) in [5, 5.41) is 0. The second-order valence-electron chi connectivity index (χ2n) is 6.54. The molecule has 2 aliphatic heterocycles. The van der Waals surface area contributed by atoms with Crippen LogP contribution in [0.25, 0.3) is 0 Å². The van der Waals surface area contributed by atoms with Crippen LogP contribution >= 0.6 is 0 Å². The summed E-state index contributed by atoms with van der Waals surface area (Å²) in [6.45, 7) is 5.54. The lowest BCUT2D eigenvalue weighted by atomic mass is 9.84. The summed E-state index contributed by atoms with van der Waals surface area (Å²) in [6, 6.07) is 8.30. The van der Waals surface area contributed by atoms with Crippen molar-refractivity contribution in [3.63, 3.8) is 0 Å². The van der Waals surface area contributed by atoms with Crippen LogP contribution in [-0.4, -0.2) is 55.1 Å². The van der Waals surface area contributed by atoms with Crippen molar-refractivity contribution in [1.82, 2.24) is 9.80 Å². The van der Waals surface area contributed by atoms with Gasteiger partial charge in [0.25, 0.3) is 0 Å². The molecule has 0 bridgehead atoms. The molecule has 0 saturated carbocycles. The van der Waals surface area contributed by atoms with Crippen molar-refractivity contribution in [2.24, 2.45) is 0 Å². The van der Waals surface area contributed by atoms with Crippen molar-refractivity contribution >= 4 is 12.0 Å². The molecular weight excluding hydrogens is 320 g/mol. The van der Waals surface area contributed by atoms with Crippen molar-refractivity contribution in [1.29, 1.82) is 0 Å². The number of ether oxygens (including phenoxy) is 2. The highest BCUT2D eigenvalue weighted by molar-refractivity contribution is 5.82. The van der Waals surface area contributed by atoms with Gasteiger partial charge in [-0.25, -0.2) is 4.79 Å². The van der Waals surface area contributed by atoms with Gasteiger partial charge in [0.15, 0.2) is 0 Å². The molecule has 0 N–H and O–H groups in total. The zero-order valence-corrected chi connectivity index (χ0v) is 14.6. The van der Waals surface area contributed by atoms with Gasteiger partial charge in [0, 0.05) is 20.1 Å². The second-order valence-corrected chi connectivity index (χ2v) is 6.54. The molecule has 0 unspecified atom stereocenters. The van der Waals surface area contributed by atoms with Gasteiger partial charge in [-0.2, -0.15) is 0 Å². The molecule has 6 heteroatoms. The molecule has 25 heavy (non-hydrogen) atoms. The maximum atomic E-state index is 12.5. The lowest BCUT2D eigenvalue weighted by Crippen LogP contribution is -2.48. The van der Waals surface area contributed by atoms with Gasteiger partial charge in [0.1, 0.15) is 13.2 Å². The minimum Gasteiger partial charge on any atom is -0.445 e. The summed E-state index contributed by atoms with van der Waals surface area (Å²) in [4.78, 5) is 27.3. The summed E-state index contributed by atoms with van der Waals surface area (Å²) >= 11 is 0. The Hall–Kier alpha value is -2.34. The van der Waals surface area contributed by atoms with E-state index in [1.54, 1.807) is 11.9 Å². The molecule has 2 heterocycles. The Morgan fingerprint density at radius 2 is 2.08 bits per heavy atom. The summed E-state index contributed by atoms with van der Waals surface area (Å²) in [5.41, 5.74) is 2.24. The summed E-state index contributed by atoms with van der Waals surface area (Å²) in [5.74, 6) is -0.0702. The average molecular weight is 344 g/mol. The first-order valence-corrected chi connectivity index (χ1v) is 8.55.